The minimum atomic E-state index is 0.746. The van der Waals surface area contributed by atoms with Crippen LogP contribution in [0, 0.1) is 5.92 Å². The number of hydrogen-bond donors (Lipinski definition) is 0. The SMILES string of the molecule is CCCC(CC)C1=CCOC=C1. The highest BCUT2D eigenvalue weighted by Gasteiger charge is 2.10. The molecule has 0 aliphatic carbocycles. The van der Waals surface area contributed by atoms with Crippen LogP contribution in [0.3, 0.4) is 0 Å². The molecular formula is C11H18O. The first-order valence-electron chi connectivity index (χ1n) is 4.86. The topological polar surface area (TPSA) is 9.23 Å². The summed E-state index contributed by atoms with van der Waals surface area (Å²) in [7, 11) is 0. The van der Waals surface area contributed by atoms with Gasteiger partial charge in [0.05, 0.1) is 6.26 Å². The molecular weight excluding hydrogens is 148 g/mol. The molecule has 1 heterocycles. The van der Waals surface area contributed by atoms with Crippen LogP contribution in [-0.4, -0.2) is 6.61 Å². The summed E-state index contributed by atoms with van der Waals surface area (Å²) in [6.07, 6.45) is 9.92. The first kappa shape index (κ1) is 9.37. The molecule has 1 unspecified atom stereocenters. The van der Waals surface area contributed by atoms with Crippen LogP contribution in [0.5, 0.6) is 0 Å². The van der Waals surface area contributed by atoms with E-state index in [0.29, 0.717) is 0 Å². The summed E-state index contributed by atoms with van der Waals surface area (Å²) in [6, 6.07) is 0. The molecule has 0 spiro atoms. The number of rotatable bonds is 4. The fourth-order valence-corrected chi connectivity index (χ4v) is 1.65. The zero-order chi connectivity index (χ0) is 8.81. The number of ether oxygens (including phenoxy) is 1. The van der Waals surface area contributed by atoms with Gasteiger partial charge < -0.3 is 4.74 Å². The Morgan fingerprint density at radius 3 is 2.83 bits per heavy atom. The van der Waals surface area contributed by atoms with E-state index in [4.69, 9.17) is 4.74 Å². The van der Waals surface area contributed by atoms with Crippen molar-refractivity contribution in [2.75, 3.05) is 6.61 Å². The highest BCUT2D eigenvalue weighted by atomic mass is 16.5. The fourth-order valence-electron chi connectivity index (χ4n) is 1.65. The summed E-state index contributed by atoms with van der Waals surface area (Å²) >= 11 is 0. The predicted octanol–water partition coefficient (Wildman–Crippen LogP) is 3.28. The highest BCUT2D eigenvalue weighted by Crippen LogP contribution is 2.23. The Hall–Kier alpha value is -0.720. The molecule has 1 nitrogen and oxygen atoms in total. The second kappa shape index (κ2) is 5.02. The molecule has 0 saturated heterocycles. The van der Waals surface area contributed by atoms with Crippen molar-refractivity contribution >= 4 is 0 Å². The summed E-state index contributed by atoms with van der Waals surface area (Å²) in [5, 5.41) is 0. The molecule has 0 radical (unpaired) electrons. The summed E-state index contributed by atoms with van der Waals surface area (Å²) < 4.78 is 5.12. The predicted molar refractivity (Wildman–Crippen MR) is 51.9 cm³/mol. The van der Waals surface area contributed by atoms with Crippen LogP contribution in [0.2, 0.25) is 0 Å². The van der Waals surface area contributed by atoms with E-state index in [0.717, 1.165) is 12.5 Å². The minimum Gasteiger partial charge on any atom is -0.497 e. The Morgan fingerprint density at radius 1 is 1.50 bits per heavy atom. The van der Waals surface area contributed by atoms with Crippen LogP contribution in [0.4, 0.5) is 0 Å². The number of hydrogen-bond acceptors (Lipinski definition) is 1. The molecule has 1 heteroatoms. The van der Waals surface area contributed by atoms with Crippen LogP contribution in [-0.2, 0) is 4.74 Å². The molecule has 0 aromatic carbocycles. The molecule has 12 heavy (non-hydrogen) atoms. The zero-order valence-electron chi connectivity index (χ0n) is 8.05. The van der Waals surface area contributed by atoms with Gasteiger partial charge in [0.1, 0.15) is 6.61 Å². The molecule has 1 rings (SSSR count). The lowest BCUT2D eigenvalue weighted by Gasteiger charge is -2.17. The monoisotopic (exact) mass is 166 g/mol. The molecule has 1 aliphatic heterocycles. The first-order chi connectivity index (χ1) is 5.88. The smallest absolute Gasteiger partial charge is 0.106 e. The van der Waals surface area contributed by atoms with Crippen LogP contribution in [0.25, 0.3) is 0 Å². The lowest BCUT2D eigenvalue weighted by Crippen LogP contribution is -2.04. The molecule has 0 amide bonds. The quantitative estimate of drug-likeness (QED) is 0.622. The largest absolute Gasteiger partial charge is 0.497 e. The summed E-state index contributed by atoms with van der Waals surface area (Å²) in [5.74, 6) is 0.746. The minimum absolute atomic E-state index is 0.746. The van der Waals surface area contributed by atoms with Crippen molar-refractivity contribution in [1.29, 1.82) is 0 Å². The molecule has 0 aromatic rings. The Bertz CT molecular complexity index is 179. The Kier molecular flexibility index (Phi) is 3.92. The van der Waals surface area contributed by atoms with Crippen molar-refractivity contribution in [1.82, 2.24) is 0 Å². The van der Waals surface area contributed by atoms with Gasteiger partial charge in [0.25, 0.3) is 0 Å². The molecule has 0 aromatic heterocycles. The molecule has 0 fully saturated rings. The van der Waals surface area contributed by atoms with E-state index in [1.807, 2.05) is 6.26 Å². The zero-order valence-corrected chi connectivity index (χ0v) is 8.05. The van der Waals surface area contributed by atoms with E-state index in [1.54, 1.807) is 0 Å². The maximum Gasteiger partial charge on any atom is 0.106 e. The Morgan fingerprint density at radius 2 is 2.33 bits per heavy atom. The van der Waals surface area contributed by atoms with Crippen molar-refractivity contribution in [2.24, 2.45) is 5.92 Å². The van der Waals surface area contributed by atoms with Crippen LogP contribution in [0.15, 0.2) is 24.0 Å². The van der Waals surface area contributed by atoms with E-state index >= 15 is 0 Å². The van der Waals surface area contributed by atoms with Gasteiger partial charge in [-0.3, -0.25) is 0 Å². The van der Waals surface area contributed by atoms with Gasteiger partial charge in [-0.05, 0) is 36.5 Å². The van der Waals surface area contributed by atoms with Gasteiger partial charge in [-0.2, -0.15) is 0 Å². The third kappa shape index (κ3) is 2.40. The van der Waals surface area contributed by atoms with Gasteiger partial charge in [0, 0.05) is 0 Å². The van der Waals surface area contributed by atoms with Crippen LogP contribution < -0.4 is 0 Å². The maximum atomic E-state index is 5.12. The maximum absolute atomic E-state index is 5.12. The summed E-state index contributed by atoms with van der Waals surface area (Å²) in [5.41, 5.74) is 1.46. The van der Waals surface area contributed by atoms with Crippen molar-refractivity contribution in [3.05, 3.63) is 24.0 Å². The lowest BCUT2D eigenvalue weighted by atomic mass is 9.91. The third-order valence-corrected chi connectivity index (χ3v) is 2.37. The molecule has 0 saturated carbocycles. The van der Waals surface area contributed by atoms with E-state index in [1.165, 1.54) is 24.8 Å². The second-order valence-electron chi connectivity index (χ2n) is 3.23. The first-order valence-corrected chi connectivity index (χ1v) is 4.86. The van der Waals surface area contributed by atoms with Gasteiger partial charge in [-0.1, -0.05) is 20.3 Å². The van der Waals surface area contributed by atoms with Gasteiger partial charge in [-0.15, -0.1) is 0 Å². The average molecular weight is 166 g/mol. The van der Waals surface area contributed by atoms with Crippen molar-refractivity contribution in [2.45, 2.75) is 33.1 Å². The van der Waals surface area contributed by atoms with Crippen molar-refractivity contribution in [3.63, 3.8) is 0 Å². The lowest BCUT2D eigenvalue weighted by molar-refractivity contribution is 0.281. The van der Waals surface area contributed by atoms with E-state index in [2.05, 4.69) is 26.0 Å². The summed E-state index contributed by atoms with van der Waals surface area (Å²) in [6.45, 7) is 5.25. The van der Waals surface area contributed by atoms with Gasteiger partial charge >= 0.3 is 0 Å². The second-order valence-corrected chi connectivity index (χ2v) is 3.23. The normalized spacial score (nSPS) is 18.3. The molecule has 1 aliphatic rings. The van der Waals surface area contributed by atoms with Gasteiger partial charge in [0.15, 0.2) is 0 Å². The standard InChI is InChI=1S/C11H18O/c1-3-5-10(4-2)11-6-8-12-9-7-11/h6-8,10H,3-5,9H2,1-2H3. The molecule has 68 valence electrons. The third-order valence-electron chi connectivity index (χ3n) is 2.37. The van der Waals surface area contributed by atoms with Crippen LogP contribution in [0.1, 0.15) is 33.1 Å². The summed E-state index contributed by atoms with van der Waals surface area (Å²) in [4.78, 5) is 0. The van der Waals surface area contributed by atoms with E-state index in [9.17, 15) is 0 Å². The molecule has 0 bridgehead atoms. The van der Waals surface area contributed by atoms with E-state index < -0.39 is 0 Å². The Balaban J connectivity index is 2.52. The highest BCUT2D eigenvalue weighted by molar-refractivity contribution is 5.22. The van der Waals surface area contributed by atoms with Gasteiger partial charge in [-0.25, -0.2) is 0 Å². The average Bonchev–Trinajstić information content (AvgIpc) is 2.15. The fraction of sp³-hybridized carbons (Fsp3) is 0.636. The van der Waals surface area contributed by atoms with Crippen molar-refractivity contribution < 1.29 is 4.74 Å². The number of allylic oxidation sites excluding steroid dienone is 2. The molecule has 1 atom stereocenters. The van der Waals surface area contributed by atoms with Gasteiger partial charge in [0.2, 0.25) is 0 Å². The van der Waals surface area contributed by atoms with Crippen LogP contribution >= 0.6 is 0 Å². The molecule has 0 N–H and O–H groups in total. The van der Waals surface area contributed by atoms with Crippen molar-refractivity contribution in [3.8, 4) is 0 Å². The van der Waals surface area contributed by atoms with E-state index in [-0.39, 0.29) is 0 Å². The Labute approximate surface area is 75.1 Å².